The predicted molar refractivity (Wildman–Crippen MR) is 357 cm³/mol. The molecule has 92 heavy (non-hydrogen) atoms. The van der Waals surface area contributed by atoms with E-state index in [1.54, 1.807) is 86.9 Å². The molecule has 4 unspecified atom stereocenters. The van der Waals surface area contributed by atoms with Crippen LogP contribution >= 0.6 is 0 Å². The summed E-state index contributed by atoms with van der Waals surface area (Å²) < 4.78 is 0. The molecule has 4 aromatic carbocycles. The van der Waals surface area contributed by atoms with Crippen LogP contribution in [0, 0.1) is 37.5 Å². The summed E-state index contributed by atoms with van der Waals surface area (Å²) in [4.78, 5) is 99.6. The van der Waals surface area contributed by atoms with E-state index >= 15 is 0 Å². The van der Waals surface area contributed by atoms with E-state index in [0.717, 1.165) is 28.2 Å². The lowest BCUT2D eigenvalue weighted by Crippen LogP contribution is -2.28. The Morgan fingerprint density at radius 1 is 0.326 bits per heavy atom. The molecule has 0 radical (unpaired) electrons. The Kier molecular flexibility index (Phi) is 19.5. The molecule has 0 N–H and O–H groups in total. The van der Waals surface area contributed by atoms with Crippen LogP contribution in [0.4, 0.5) is 22.7 Å². The molecule has 8 amide bonds. The molecule has 24 nitrogen and oxygen atoms in total. The van der Waals surface area contributed by atoms with Crippen LogP contribution in [0.1, 0.15) is 80.4 Å². The SMILES string of the molecule is CC1=NN(C)C(=O)/C1=C\C1C(=O)N(C)N=C1C.CC1=NN(c2ccccc2)C(=O)/C1=C\C1C(=O)N(c2ccccc2)N=C1C.CC1=NN(c2ccccc2C)C(=O)/C1=C\C1C(=O)N(c2ccccc2C)N=C1C.CCN1N=C(C)/C(=C/C2C(=O)N(CC)N=C2C)C1=O. The van der Waals surface area contributed by atoms with Gasteiger partial charge in [0.05, 0.1) is 114 Å². The average Bonchev–Trinajstić information content (AvgIpc) is 3.57. The van der Waals surface area contributed by atoms with E-state index in [0.29, 0.717) is 86.7 Å². The van der Waals surface area contributed by atoms with E-state index in [4.69, 9.17) is 0 Å². The van der Waals surface area contributed by atoms with Gasteiger partial charge in [-0.05, 0) is 131 Å². The minimum atomic E-state index is -0.587. The molecule has 4 aromatic rings. The van der Waals surface area contributed by atoms with Crippen molar-refractivity contribution in [2.75, 3.05) is 47.2 Å². The first kappa shape index (κ1) is 65.4. The lowest BCUT2D eigenvalue weighted by molar-refractivity contribution is -0.131. The Labute approximate surface area is 533 Å². The highest BCUT2D eigenvalue weighted by Crippen LogP contribution is 2.33. The van der Waals surface area contributed by atoms with Crippen LogP contribution in [-0.4, -0.2) is 140 Å². The molecule has 0 aromatic heterocycles. The molecular weight excluding hydrogens is 1170 g/mol. The number of nitrogens with zero attached hydrogens (tertiary/aromatic N) is 16. The van der Waals surface area contributed by atoms with Crippen LogP contribution in [0.5, 0.6) is 0 Å². The van der Waals surface area contributed by atoms with Gasteiger partial charge in [0.1, 0.15) is 0 Å². The molecule has 0 saturated heterocycles. The minimum Gasteiger partial charge on any atom is -0.272 e. The first-order valence-corrected chi connectivity index (χ1v) is 29.9. The quantitative estimate of drug-likeness (QED) is 0.138. The zero-order valence-electron chi connectivity index (χ0n) is 53.8. The molecule has 8 heterocycles. The standard InChI is InChI=1S/C23H22N4O2.C21H18N4O2.C13H18N4O2.C11H14N4O2/c1-14-9-5-7-11-20(14)26-22(28)18(16(3)24-26)13-19-17(4)25-27(23(19)29)21-12-8-6-10-15(21)2;1-14-18(20(26)24(22-14)16-9-5-3-6-10-16)13-19-15(2)23-25(21(19)27)17-11-7-4-8-12-17;1-5-16-12(18)10(8(3)14-16)7-11-9(4)15-17(6-2)13(11)19;1-6-8(10(16)14(3)12-6)5-9-7(2)13-15(4)11(9)17/h5-13,18H,1-4H3;3-13,18H,1-2H3;7,10H,5-6H2,1-4H3;5,8H,1-4H3/b2*19-13-;11-7-;9-5-. The first-order chi connectivity index (χ1) is 43.8. The highest BCUT2D eigenvalue weighted by atomic mass is 16.2. The van der Waals surface area contributed by atoms with Crippen LogP contribution in [0.2, 0.25) is 0 Å². The van der Waals surface area contributed by atoms with Crippen LogP contribution in [-0.2, 0) is 38.4 Å². The van der Waals surface area contributed by atoms with Gasteiger partial charge in [0.2, 0.25) is 0 Å². The van der Waals surface area contributed by atoms with Gasteiger partial charge >= 0.3 is 0 Å². The van der Waals surface area contributed by atoms with Gasteiger partial charge in [-0.1, -0.05) is 97.1 Å². The Hall–Kier alpha value is -11.0. The second-order valence-corrected chi connectivity index (χ2v) is 22.5. The van der Waals surface area contributed by atoms with Gasteiger partial charge in [0, 0.05) is 27.2 Å². The number of benzene rings is 4. The maximum absolute atomic E-state index is 13.1. The fourth-order valence-electron chi connectivity index (χ4n) is 10.9. The van der Waals surface area contributed by atoms with E-state index in [1.165, 1.54) is 40.1 Å². The van der Waals surface area contributed by atoms with Crippen molar-refractivity contribution in [1.82, 2.24) is 20.0 Å². The van der Waals surface area contributed by atoms with E-state index < -0.39 is 23.7 Å². The van der Waals surface area contributed by atoms with Crippen molar-refractivity contribution in [2.45, 2.75) is 83.1 Å². The van der Waals surface area contributed by atoms with Crippen molar-refractivity contribution in [3.63, 3.8) is 0 Å². The predicted octanol–water partition coefficient (Wildman–Crippen LogP) is 8.60. The highest BCUT2D eigenvalue weighted by molar-refractivity contribution is 6.32. The highest BCUT2D eigenvalue weighted by Gasteiger charge is 2.40. The summed E-state index contributed by atoms with van der Waals surface area (Å²) in [7, 11) is 3.20. The third kappa shape index (κ3) is 13.2. The van der Waals surface area contributed by atoms with Gasteiger partial charge in [0.25, 0.3) is 47.3 Å². The van der Waals surface area contributed by atoms with Gasteiger partial charge in [-0.3, -0.25) is 38.4 Å². The molecule has 24 heteroatoms. The monoisotopic (exact) mass is 1240 g/mol. The lowest BCUT2D eigenvalue weighted by Gasteiger charge is -2.16. The van der Waals surface area contributed by atoms with Crippen LogP contribution in [0.25, 0.3) is 0 Å². The maximum Gasteiger partial charge on any atom is 0.280 e. The first-order valence-electron chi connectivity index (χ1n) is 29.9. The number of likely N-dealkylation sites (N-methyl/N-ethyl adjacent to an activating group) is 2. The summed E-state index contributed by atoms with van der Waals surface area (Å²) in [5.74, 6) is -3.40. The maximum atomic E-state index is 13.1. The number of carbonyl (C=O) groups excluding carboxylic acids is 8. The third-order valence-electron chi connectivity index (χ3n) is 16.0. The van der Waals surface area contributed by atoms with Crippen molar-refractivity contribution >= 4 is 116 Å². The van der Waals surface area contributed by atoms with Gasteiger partial charge in [-0.15, -0.1) is 0 Å². The van der Waals surface area contributed by atoms with E-state index in [2.05, 4.69) is 40.8 Å². The number of hydrogen-bond acceptors (Lipinski definition) is 16. The van der Waals surface area contributed by atoms with Crippen LogP contribution < -0.4 is 20.0 Å². The number of aryl methyl sites for hydroxylation is 2. The van der Waals surface area contributed by atoms with Crippen molar-refractivity contribution in [1.29, 1.82) is 0 Å². The molecule has 8 aliphatic rings. The minimum absolute atomic E-state index is 0.0805. The van der Waals surface area contributed by atoms with E-state index in [-0.39, 0.29) is 47.3 Å². The number of carbonyl (C=O) groups is 8. The van der Waals surface area contributed by atoms with E-state index in [9.17, 15) is 38.4 Å². The Balaban J connectivity index is 0.000000148. The Morgan fingerprint density at radius 3 is 1.15 bits per heavy atom. The van der Waals surface area contributed by atoms with Crippen molar-refractivity contribution in [3.05, 3.63) is 167 Å². The smallest absolute Gasteiger partial charge is 0.272 e. The fraction of sp³-hybridized carbons (Fsp3) is 0.294. The van der Waals surface area contributed by atoms with Crippen molar-refractivity contribution in [3.8, 4) is 0 Å². The molecule has 0 spiro atoms. The second-order valence-electron chi connectivity index (χ2n) is 22.5. The number of hydrogen-bond donors (Lipinski definition) is 0. The third-order valence-corrected chi connectivity index (χ3v) is 16.0. The number of hydrazone groups is 8. The largest absolute Gasteiger partial charge is 0.280 e. The lowest BCUT2D eigenvalue weighted by atomic mass is 9.98. The zero-order valence-corrected chi connectivity index (χ0v) is 53.8. The van der Waals surface area contributed by atoms with Crippen molar-refractivity contribution < 1.29 is 38.4 Å². The summed E-state index contributed by atoms with van der Waals surface area (Å²) in [5.41, 5.74) is 11.9. The molecule has 4 atom stereocenters. The molecule has 0 bridgehead atoms. The Bertz CT molecular complexity index is 4130. The van der Waals surface area contributed by atoms with Gasteiger partial charge < -0.3 is 0 Å². The van der Waals surface area contributed by atoms with Gasteiger partial charge in [-0.25, -0.2) is 20.0 Å². The molecule has 8 aliphatic heterocycles. The van der Waals surface area contributed by atoms with Crippen molar-refractivity contribution in [2.24, 2.45) is 64.5 Å². The topological polar surface area (TPSA) is 261 Å². The molecular formula is C68H72N16O8. The zero-order chi connectivity index (χ0) is 66.6. The normalized spacial score (nSPS) is 22.9. The molecule has 0 aliphatic carbocycles. The van der Waals surface area contributed by atoms with E-state index in [1.807, 2.05) is 144 Å². The summed E-state index contributed by atoms with van der Waals surface area (Å²) in [5, 5.41) is 45.1. The molecule has 0 fully saturated rings. The summed E-state index contributed by atoms with van der Waals surface area (Å²) in [6.45, 7) is 23.0. The summed E-state index contributed by atoms with van der Waals surface area (Å²) in [6.07, 6.45) is 6.70. The fourth-order valence-corrected chi connectivity index (χ4v) is 10.9. The molecule has 472 valence electrons. The summed E-state index contributed by atoms with van der Waals surface area (Å²) in [6, 6.07) is 33.7. The number of rotatable bonds is 10. The van der Waals surface area contributed by atoms with Gasteiger partial charge in [-0.2, -0.15) is 60.8 Å². The number of anilines is 4. The summed E-state index contributed by atoms with van der Waals surface area (Å²) >= 11 is 0. The van der Waals surface area contributed by atoms with Gasteiger partial charge in [0.15, 0.2) is 0 Å². The van der Waals surface area contributed by atoms with Crippen LogP contribution in [0.3, 0.4) is 0 Å². The second kappa shape index (κ2) is 27.4. The molecule has 0 saturated carbocycles. The number of para-hydroxylation sites is 4. The average molecular weight is 1240 g/mol. The Morgan fingerprint density at radius 2 is 0.696 bits per heavy atom. The number of amides is 8. The van der Waals surface area contributed by atoms with Crippen LogP contribution in [0.15, 0.2) is 197 Å². The molecule has 12 rings (SSSR count).